The molecule has 176 valence electrons. The Morgan fingerprint density at radius 1 is 1.12 bits per heavy atom. The molecule has 1 aromatic carbocycles. The number of nitrogens with one attached hydrogen (secondary N) is 2. The highest BCUT2D eigenvalue weighted by atomic mass is 19.1. The first-order valence-electron chi connectivity index (χ1n) is 11.0. The van der Waals surface area contributed by atoms with Crippen molar-refractivity contribution in [1.29, 1.82) is 0 Å². The van der Waals surface area contributed by atoms with Crippen molar-refractivity contribution in [3.63, 3.8) is 0 Å². The number of nitrogens with zero attached hydrogens (tertiary/aromatic N) is 4. The van der Waals surface area contributed by atoms with Crippen molar-refractivity contribution in [3.05, 3.63) is 77.8 Å². The van der Waals surface area contributed by atoms with Crippen LogP contribution in [0.3, 0.4) is 0 Å². The molecule has 3 heterocycles. The maximum Gasteiger partial charge on any atom is 0.273 e. The molecule has 0 saturated heterocycles. The molecule has 0 aliphatic carbocycles. The smallest absolute Gasteiger partial charge is 0.273 e. The lowest BCUT2D eigenvalue weighted by molar-refractivity contribution is -0.118. The molecule has 0 aliphatic rings. The minimum Gasteiger partial charge on any atom is -0.448 e. The van der Waals surface area contributed by atoms with Gasteiger partial charge < -0.3 is 14.7 Å². The summed E-state index contributed by atoms with van der Waals surface area (Å²) in [6, 6.07) is 10.6. The molecule has 1 amide bonds. The fraction of sp³-hybridized carbons (Fsp3) is 0.292. The van der Waals surface area contributed by atoms with Gasteiger partial charge in [0.1, 0.15) is 23.7 Å². The molecule has 34 heavy (non-hydrogen) atoms. The number of para-hydroxylation sites is 2. The predicted octanol–water partition coefficient (Wildman–Crippen LogP) is 2.69. The summed E-state index contributed by atoms with van der Waals surface area (Å²) in [5, 5.41) is 2.58. The van der Waals surface area contributed by atoms with E-state index >= 15 is 0 Å². The molecule has 10 heteroatoms. The van der Waals surface area contributed by atoms with Gasteiger partial charge in [-0.25, -0.2) is 14.4 Å². The lowest BCUT2D eigenvalue weighted by Crippen LogP contribution is -2.33. The van der Waals surface area contributed by atoms with E-state index in [4.69, 9.17) is 4.42 Å². The van der Waals surface area contributed by atoms with Gasteiger partial charge in [-0.3, -0.25) is 19.5 Å². The van der Waals surface area contributed by atoms with Crippen LogP contribution >= 0.6 is 0 Å². The largest absolute Gasteiger partial charge is 0.448 e. The minimum atomic E-state index is -0.489. The highest BCUT2D eigenvalue weighted by molar-refractivity contribution is 5.91. The molecule has 0 aliphatic heterocycles. The zero-order valence-corrected chi connectivity index (χ0v) is 18.8. The van der Waals surface area contributed by atoms with Gasteiger partial charge in [0.15, 0.2) is 11.6 Å². The fourth-order valence-electron chi connectivity index (χ4n) is 3.56. The standard InChI is InChI=1S/C24H25FN6O3/c1-16(32)14-31(11-8-22-28-18-6-2-3-7-19(18)29-22)12-9-23-30-21(15-34-23)24(33)27-13-20-17(25)5-4-10-26-20/h2-7,10,15H,8-9,11-14H2,1H3,(H,27,33)(H,28,29). The number of benzene rings is 1. The third-order valence-electron chi connectivity index (χ3n) is 5.23. The number of halogens is 1. The number of imidazole rings is 1. The lowest BCUT2D eigenvalue weighted by atomic mass is 10.3. The average Bonchev–Trinajstić information content (AvgIpc) is 3.46. The van der Waals surface area contributed by atoms with E-state index in [1.165, 1.54) is 24.6 Å². The number of ketones is 1. The molecule has 0 fully saturated rings. The Morgan fingerprint density at radius 2 is 1.94 bits per heavy atom. The second kappa shape index (κ2) is 10.8. The Morgan fingerprint density at radius 3 is 2.74 bits per heavy atom. The maximum absolute atomic E-state index is 13.7. The van der Waals surface area contributed by atoms with E-state index in [1.54, 1.807) is 6.92 Å². The third kappa shape index (κ3) is 6.10. The Balaban J connectivity index is 1.30. The summed E-state index contributed by atoms with van der Waals surface area (Å²) in [7, 11) is 0. The maximum atomic E-state index is 13.7. The van der Waals surface area contributed by atoms with Crippen molar-refractivity contribution >= 4 is 22.7 Å². The number of carbonyl (C=O) groups is 2. The Kier molecular flexibility index (Phi) is 7.38. The number of hydrogen-bond donors (Lipinski definition) is 2. The van der Waals surface area contributed by atoms with E-state index in [2.05, 4.69) is 25.3 Å². The van der Waals surface area contributed by atoms with Crippen LogP contribution in [0.2, 0.25) is 0 Å². The number of hydrogen-bond acceptors (Lipinski definition) is 7. The number of amides is 1. The minimum absolute atomic E-state index is 0.0537. The number of aromatic nitrogens is 4. The summed E-state index contributed by atoms with van der Waals surface area (Å²) in [5.41, 5.74) is 2.13. The number of pyridine rings is 1. The van der Waals surface area contributed by atoms with Gasteiger partial charge in [-0.15, -0.1) is 0 Å². The van der Waals surface area contributed by atoms with Gasteiger partial charge in [0.25, 0.3) is 5.91 Å². The first kappa shape index (κ1) is 23.2. The van der Waals surface area contributed by atoms with Gasteiger partial charge in [0, 0.05) is 32.1 Å². The molecule has 0 radical (unpaired) electrons. The quantitative estimate of drug-likeness (QED) is 0.350. The van der Waals surface area contributed by atoms with Crippen LogP contribution in [-0.2, 0) is 24.2 Å². The summed E-state index contributed by atoms with van der Waals surface area (Å²) in [5.74, 6) is 0.321. The number of carbonyl (C=O) groups excluding carboxylic acids is 2. The molecule has 0 atom stereocenters. The Bertz CT molecular complexity index is 1250. The van der Waals surface area contributed by atoms with Crippen molar-refractivity contribution in [3.8, 4) is 0 Å². The van der Waals surface area contributed by atoms with Gasteiger partial charge in [0.2, 0.25) is 0 Å². The second-order valence-electron chi connectivity index (χ2n) is 7.92. The average molecular weight is 465 g/mol. The molecule has 0 unspecified atom stereocenters. The Labute approximate surface area is 195 Å². The van der Waals surface area contributed by atoms with Crippen LogP contribution in [-0.4, -0.2) is 56.2 Å². The first-order chi connectivity index (χ1) is 16.5. The van der Waals surface area contributed by atoms with Crippen molar-refractivity contribution in [2.75, 3.05) is 19.6 Å². The molecule has 0 spiro atoms. The third-order valence-corrected chi connectivity index (χ3v) is 5.23. The topological polar surface area (TPSA) is 117 Å². The normalized spacial score (nSPS) is 11.3. The van der Waals surface area contributed by atoms with E-state index in [0.717, 1.165) is 16.9 Å². The van der Waals surface area contributed by atoms with E-state index in [0.29, 0.717) is 38.4 Å². The van der Waals surface area contributed by atoms with E-state index in [-0.39, 0.29) is 23.7 Å². The molecule has 4 rings (SSSR count). The first-order valence-corrected chi connectivity index (χ1v) is 11.0. The Hall–Kier alpha value is -3.92. The van der Waals surface area contributed by atoms with Gasteiger partial charge >= 0.3 is 0 Å². The highest BCUT2D eigenvalue weighted by Crippen LogP contribution is 2.11. The van der Waals surface area contributed by atoms with Crippen molar-refractivity contribution in [2.45, 2.75) is 26.3 Å². The van der Waals surface area contributed by atoms with Gasteiger partial charge in [0.05, 0.1) is 29.8 Å². The number of fused-ring (bicyclic) bond motifs is 1. The van der Waals surface area contributed by atoms with Crippen LogP contribution in [0.1, 0.15) is 34.8 Å². The van der Waals surface area contributed by atoms with E-state index < -0.39 is 11.7 Å². The van der Waals surface area contributed by atoms with Crippen LogP contribution in [0.25, 0.3) is 11.0 Å². The molecule has 9 nitrogen and oxygen atoms in total. The summed E-state index contributed by atoms with van der Waals surface area (Å²) in [4.78, 5) is 42.0. The molecule has 3 aromatic heterocycles. The van der Waals surface area contributed by atoms with Crippen LogP contribution in [0.5, 0.6) is 0 Å². The van der Waals surface area contributed by atoms with Gasteiger partial charge in [-0.05, 0) is 31.2 Å². The summed E-state index contributed by atoms with van der Waals surface area (Å²) in [6.07, 6.45) is 3.81. The zero-order chi connectivity index (χ0) is 23.9. The van der Waals surface area contributed by atoms with E-state index in [9.17, 15) is 14.0 Å². The molecule has 2 N–H and O–H groups in total. The van der Waals surface area contributed by atoms with Crippen LogP contribution < -0.4 is 5.32 Å². The lowest BCUT2D eigenvalue weighted by Gasteiger charge is -2.19. The SMILES string of the molecule is CC(=O)CN(CCc1nc2ccccc2[nH]1)CCc1nc(C(=O)NCc2ncccc2F)co1. The number of H-pyrrole nitrogens is 1. The van der Waals surface area contributed by atoms with Crippen molar-refractivity contribution in [2.24, 2.45) is 0 Å². The van der Waals surface area contributed by atoms with Crippen molar-refractivity contribution < 1.29 is 18.4 Å². The zero-order valence-electron chi connectivity index (χ0n) is 18.8. The molecular weight excluding hydrogens is 439 g/mol. The molecule has 0 bridgehead atoms. The molecule has 4 aromatic rings. The number of oxazole rings is 1. The summed E-state index contributed by atoms with van der Waals surface area (Å²) >= 11 is 0. The van der Waals surface area contributed by atoms with E-state index in [1.807, 2.05) is 29.2 Å². The predicted molar refractivity (Wildman–Crippen MR) is 122 cm³/mol. The van der Waals surface area contributed by atoms with Crippen LogP contribution in [0.4, 0.5) is 4.39 Å². The van der Waals surface area contributed by atoms with Crippen molar-refractivity contribution in [1.82, 2.24) is 30.2 Å². The number of Topliss-reactive ketones (excluding diaryl/α,β-unsaturated/α-hetero) is 1. The summed E-state index contributed by atoms with van der Waals surface area (Å²) < 4.78 is 19.1. The molecular formula is C24H25FN6O3. The number of rotatable bonds is 11. The second-order valence-corrected chi connectivity index (χ2v) is 7.92. The molecule has 0 saturated carbocycles. The number of aromatic amines is 1. The van der Waals surface area contributed by atoms with Crippen LogP contribution in [0, 0.1) is 5.82 Å². The summed E-state index contributed by atoms with van der Waals surface area (Å²) in [6.45, 7) is 2.95. The monoisotopic (exact) mass is 464 g/mol. The van der Waals surface area contributed by atoms with Gasteiger partial charge in [-0.2, -0.15) is 0 Å². The van der Waals surface area contributed by atoms with Gasteiger partial charge in [-0.1, -0.05) is 12.1 Å². The van der Waals surface area contributed by atoms with Crippen LogP contribution in [0.15, 0.2) is 53.3 Å². The fourth-order valence-corrected chi connectivity index (χ4v) is 3.56. The highest BCUT2D eigenvalue weighted by Gasteiger charge is 2.15.